The number of fused-ring (bicyclic) bond motifs is 2. The number of halogens is 3. The summed E-state index contributed by atoms with van der Waals surface area (Å²) in [5.74, 6) is -2.00. The number of carbonyl (C=O) groups excluding carboxylic acids is 2. The van der Waals surface area contributed by atoms with Crippen molar-refractivity contribution in [3.8, 4) is 0 Å². The molecule has 2 heterocycles. The summed E-state index contributed by atoms with van der Waals surface area (Å²) in [5.41, 5.74) is 0.0123. The SMILES string of the molecule is CC(C)(C)CC1NC(C(=O)NCCCC(O)CO)C(c2cccc(Cl)c2)C12C(=O)Nc1cc(Cl)c(F)cc12. The molecule has 7 nitrogen and oxygen atoms in total. The zero-order valence-electron chi connectivity index (χ0n) is 21.7. The van der Waals surface area contributed by atoms with Gasteiger partial charge in [0.2, 0.25) is 11.8 Å². The first-order valence-electron chi connectivity index (χ1n) is 12.8. The molecule has 10 heteroatoms. The number of aliphatic hydroxyl groups excluding tert-OH is 2. The molecule has 5 unspecified atom stereocenters. The van der Waals surface area contributed by atoms with Crippen LogP contribution in [0.25, 0.3) is 0 Å². The van der Waals surface area contributed by atoms with Crippen LogP contribution in [0, 0.1) is 11.2 Å². The summed E-state index contributed by atoms with van der Waals surface area (Å²) in [5, 5.41) is 28.3. The maximum absolute atomic E-state index is 14.9. The Labute approximate surface area is 232 Å². The lowest BCUT2D eigenvalue weighted by molar-refractivity contribution is -0.123. The molecule has 5 atom stereocenters. The number of carbonyl (C=O) groups is 2. The largest absolute Gasteiger partial charge is 0.394 e. The second kappa shape index (κ2) is 11.1. The average molecular weight is 567 g/mol. The Morgan fingerprint density at radius 3 is 2.63 bits per heavy atom. The standard InChI is InChI=1S/C28H34Cl2FN3O4/c1-27(2,3)13-22-28(18-11-20(31)19(30)12-21(18)33-26(28)38)23(15-6-4-7-16(29)10-15)24(34-22)25(37)32-9-5-8-17(36)14-35/h4,6-7,10-12,17,22-24,34-36H,5,8-9,13-14H2,1-3H3,(H,32,37)(H,33,38). The Morgan fingerprint density at radius 2 is 1.97 bits per heavy atom. The number of nitrogens with one attached hydrogen (secondary N) is 3. The van der Waals surface area contributed by atoms with Crippen molar-refractivity contribution in [3.05, 3.63) is 63.4 Å². The predicted octanol–water partition coefficient (Wildman–Crippen LogP) is 4.13. The Kier molecular flexibility index (Phi) is 8.40. The van der Waals surface area contributed by atoms with Crippen LogP contribution in [-0.2, 0) is 15.0 Å². The minimum atomic E-state index is -1.31. The molecule has 2 amide bonds. The van der Waals surface area contributed by atoms with E-state index in [1.165, 1.54) is 12.1 Å². The van der Waals surface area contributed by atoms with E-state index in [-0.39, 0.29) is 35.4 Å². The highest BCUT2D eigenvalue weighted by atomic mass is 35.5. The second-order valence-corrected chi connectivity index (χ2v) is 12.2. The lowest BCUT2D eigenvalue weighted by Crippen LogP contribution is -2.49. The van der Waals surface area contributed by atoms with Crippen molar-refractivity contribution in [2.75, 3.05) is 18.5 Å². The van der Waals surface area contributed by atoms with Gasteiger partial charge < -0.3 is 26.2 Å². The van der Waals surface area contributed by atoms with Gasteiger partial charge in [-0.1, -0.05) is 56.1 Å². The van der Waals surface area contributed by atoms with Crippen molar-refractivity contribution < 1.29 is 24.2 Å². The smallest absolute Gasteiger partial charge is 0.237 e. The molecule has 0 aliphatic carbocycles. The molecule has 0 aromatic heterocycles. The zero-order chi connectivity index (χ0) is 27.8. The lowest BCUT2D eigenvalue weighted by Gasteiger charge is -2.37. The third-order valence-electron chi connectivity index (χ3n) is 7.42. The van der Waals surface area contributed by atoms with Crippen LogP contribution in [0.15, 0.2) is 36.4 Å². The van der Waals surface area contributed by atoms with Gasteiger partial charge >= 0.3 is 0 Å². The first-order chi connectivity index (χ1) is 17.9. The molecule has 2 aromatic carbocycles. The molecule has 0 bridgehead atoms. The minimum absolute atomic E-state index is 0.0990. The fourth-order valence-corrected chi connectivity index (χ4v) is 6.25. The average Bonchev–Trinajstić information content (AvgIpc) is 3.31. The van der Waals surface area contributed by atoms with Crippen LogP contribution in [0.4, 0.5) is 10.1 Å². The number of amides is 2. The highest BCUT2D eigenvalue weighted by molar-refractivity contribution is 6.31. The van der Waals surface area contributed by atoms with Crippen molar-refractivity contribution in [3.63, 3.8) is 0 Å². The van der Waals surface area contributed by atoms with E-state index in [0.29, 0.717) is 41.1 Å². The molecule has 0 radical (unpaired) electrons. The van der Waals surface area contributed by atoms with Crippen molar-refractivity contribution in [1.82, 2.24) is 10.6 Å². The molecule has 206 valence electrons. The van der Waals surface area contributed by atoms with E-state index in [9.17, 15) is 19.1 Å². The predicted molar refractivity (Wildman–Crippen MR) is 146 cm³/mol. The van der Waals surface area contributed by atoms with Gasteiger partial charge in [0.25, 0.3) is 0 Å². The molecule has 1 saturated heterocycles. The van der Waals surface area contributed by atoms with Gasteiger partial charge in [-0.15, -0.1) is 0 Å². The number of rotatable bonds is 8. The van der Waals surface area contributed by atoms with E-state index in [1.54, 1.807) is 18.2 Å². The van der Waals surface area contributed by atoms with Gasteiger partial charge in [0.1, 0.15) is 11.2 Å². The van der Waals surface area contributed by atoms with Gasteiger partial charge in [0, 0.05) is 29.2 Å². The molecular formula is C28H34Cl2FN3O4. The van der Waals surface area contributed by atoms with Gasteiger partial charge in [-0.05, 0) is 60.1 Å². The zero-order valence-corrected chi connectivity index (χ0v) is 23.2. The third-order valence-corrected chi connectivity index (χ3v) is 7.94. The topological polar surface area (TPSA) is 111 Å². The Morgan fingerprint density at radius 1 is 1.24 bits per heavy atom. The van der Waals surface area contributed by atoms with Crippen LogP contribution < -0.4 is 16.0 Å². The van der Waals surface area contributed by atoms with Crippen molar-refractivity contribution in [2.24, 2.45) is 5.41 Å². The summed E-state index contributed by atoms with van der Waals surface area (Å²) in [6, 6.07) is 8.43. The van der Waals surface area contributed by atoms with Crippen LogP contribution in [0.3, 0.4) is 0 Å². The normalized spacial score (nSPS) is 25.4. The molecule has 1 fully saturated rings. The minimum Gasteiger partial charge on any atom is -0.394 e. The van der Waals surface area contributed by atoms with Crippen LogP contribution in [0.1, 0.15) is 57.1 Å². The van der Waals surface area contributed by atoms with E-state index in [1.807, 2.05) is 26.8 Å². The van der Waals surface area contributed by atoms with Gasteiger partial charge in [-0.2, -0.15) is 0 Å². The molecule has 4 rings (SSSR count). The molecule has 2 aromatic rings. The molecular weight excluding hydrogens is 532 g/mol. The van der Waals surface area contributed by atoms with E-state index in [2.05, 4.69) is 16.0 Å². The Balaban J connectivity index is 1.83. The molecule has 1 spiro atoms. The van der Waals surface area contributed by atoms with Crippen molar-refractivity contribution >= 4 is 40.7 Å². The first-order valence-corrected chi connectivity index (χ1v) is 13.5. The molecule has 0 saturated carbocycles. The number of aliphatic hydroxyl groups is 2. The van der Waals surface area contributed by atoms with Crippen LogP contribution >= 0.6 is 23.2 Å². The summed E-state index contributed by atoms with van der Waals surface area (Å²) in [4.78, 5) is 27.7. The number of anilines is 1. The van der Waals surface area contributed by atoms with Gasteiger partial charge in [0.15, 0.2) is 0 Å². The quantitative estimate of drug-likeness (QED) is 0.309. The van der Waals surface area contributed by atoms with Crippen molar-refractivity contribution in [2.45, 2.75) is 69.6 Å². The van der Waals surface area contributed by atoms with E-state index in [4.69, 9.17) is 28.3 Å². The van der Waals surface area contributed by atoms with E-state index >= 15 is 0 Å². The molecule has 2 aliphatic rings. The Bertz CT molecular complexity index is 1220. The summed E-state index contributed by atoms with van der Waals surface area (Å²) in [7, 11) is 0. The van der Waals surface area contributed by atoms with Crippen LogP contribution in [-0.4, -0.2) is 53.4 Å². The third kappa shape index (κ3) is 5.42. The maximum Gasteiger partial charge on any atom is 0.237 e. The van der Waals surface area contributed by atoms with Crippen LogP contribution in [0.2, 0.25) is 10.0 Å². The highest BCUT2D eigenvalue weighted by Gasteiger charge is 2.65. The van der Waals surface area contributed by atoms with Crippen LogP contribution in [0.5, 0.6) is 0 Å². The van der Waals surface area contributed by atoms with E-state index in [0.717, 1.165) is 0 Å². The van der Waals surface area contributed by atoms with Gasteiger partial charge in [0.05, 0.1) is 23.8 Å². The molecule has 38 heavy (non-hydrogen) atoms. The Hall–Kier alpha value is -2.23. The summed E-state index contributed by atoms with van der Waals surface area (Å²) >= 11 is 12.5. The van der Waals surface area contributed by atoms with Gasteiger partial charge in [-0.3, -0.25) is 9.59 Å². The van der Waals surface area contributed by atoms with E-state index < -0.39 is 35.3 Å². The second-order valence-electron chi connectivity index (χ2n) is 11.4. The lowest BCUT2D eigenvalue weighted by atomic mass is 9.62. The number of hydrogen-bond acceptors (Lipinski definition) is 5. The van der Waals surface area contributed by atoms with Gasteiger partial charge in [-0.25, -0.2) is 4.39 Å². The molecule has 5 N–H and O–H groups in total. The summed E-state index contributed by atoms with van der Waals surface area (Å²) in [6.45, 7) is 6.08. The number of hydrogen-bond donors (Lipinski definition) is 5. The fraction of sp³-hybridized carbons (Fsp3) is 0.500. The maximum atomic E-state index is 14.9. The summed E-state index contributed by atoms with van der Waals surface area (Å²) < 4.78 is 14.9. The van der Waals surface area contributed by atoms with Crippen molar-refractivity contribution in [1.29, 1.82) is 0 Å². The summed E-state index contributed by atoms with van der Waals surface area (Å²) in [6.07, 6.45) is 0.466. The molecule has 2 aliphatic heterocycles. The first kappa shape index (κ1) is 28.8. The highest BCUT2D eigenvalue weighted by Crippen LogP contribution is 2.57. The monoisotopic (exact) mass is 565 g/mol. The fourth-order valence-electron chi connectivity index (χ4n) is 5.88. The number of benzene rings is 2.